The second-order valence-corrected chi connectivity index (χ2v) is 5.29. The molecule has 0 aliphatic rings. The predicted molar refractivity (Wildman–Crippen MR) is 74.1 cm³/mol. The Morgan fingerprint density at radius 1 is 1.37 bits per heavy atom. The number of halogens is 1. The number of nitrogens with two attached hydrogens (primary N) is 1. The molecule has 1 atom stereocenters. The number of benzene rings is 1. The first kappa shape index (κ1) is 13.7. The Labute approximate surface area is 115 Å². The summed E-state index contributed by atoms with van der Waals surface area (Å²) in [5.41, 5.74) is 6.79. The second-order valence-electron chi connectivity index (χ2n) is 4.31. The molecule has 0 saturated carbocycles. The zero-order valence-electron chi connectivity index (χ0n) is 10.5. The summed E-state index contributed by atoms with van der Waals surface area (Å²) >= 11 is 1.46. The zero-order chi connectivity index (χ0) is 13.8. The number of amides is 1. The maximum atomic E-state index is 12.8. The first-order chi connectivity index (χ1) is 9.08. The van der Waals surface area contributed by atoms with Crippen LogP contribution in [0.15, 0.2) is 41.8 Å². The molecule has 2 rings (SSSR count). The summed E-state index contributed by atoms with van der Waals surface area (Å²) in [5.74, 6) is -0.431. The van der Waals surface area contributed by atoms with Gasteiger partial charge >= 0.3 is 0 Å². The van der Waals surface area contributed by atoms with E-state index < -0.39 is 6.04 Å². The summed E-state index contributed by atoms with van der Waals surface area (Å²) in [6.45, 7) is 0.415. The summed E-state index contributed by atoms with van der Waals surface area (Å²) in [7, 11) is 1.69. The standard InChI is InChI=1S/C14H15FN2OS/c1-17(9-10-4-6-11(15)7-5-10)14(18)13(16)12-3-2-8-19-12/h2-8,13H,9,16H2,1H3. The molecular formula is C14H15FN2OS. The fourth-order valence-corrected chi connectivity index (χ4v) is 2.49. The van der Waals surface area contributed by atoms with Crippen molar-refractivity contribution in [3.05, 3.63) is 58.0 Å². The molecule has 100 valence electrons. The van der Waals surface area contributed by atoms with Gasteiger partial charge in [-0.25, -0.2) is 4.39 Å². The van der Waals surface area contributed by atoms with Crippen LogP contribution >= 0.6 is 11.3 Å². The molecule has 0 spiro atoms. The van der Waals surface area contributed by atoms with E-state index in [9.17, 15) is 9.18 Å². The Hall–Kier alpha value is -1.72. The predicted octanol–water partition coefficient (Wildman–Crippen LogP) is 2.55. The molecule has 1 aromatic heterocycles. The quantitative estimate of drug-likeness (QED) is 0.934. The van der Waals surface area contributed by atoms with Gasteiger partial charge in [0.2, 0.25) is 5.91 Å². The van der Waals surface area contributed by atoms with Crippen molar-refractivity contribution in [3.8, 4) is 0 Å². The summed E-state index contributed by atoms with van der Waals surface area (Å²) in [5, 5.41) is 1.89. The minimum atomic E-state index is -0.634. The number of nitrogens with zero attached hydrogens (tertiary/aromatic N) is 1. The van der Waals surface area contributed by atoms with E-state index in [0.717, 1.165) is 10.4 Å². The van der Waals surface area contributed by atoms with E-state index in [1.807, 2.05) is 17.5 Å². The van der Waals surface area contributed by atoms with Crippen molar-refractivity contribution in [2.24, 2.45) is 5.73 Å². The molecule has 19 heavy (non-hydrogen) atoms. The van der Waals surface area contributed by atoms with Crippen molar-refractivity contribution in [3.63, 3.8) is 0 Å². The largest absolute Gasteiger partial charge is 0.340 e. The van der Waals surface area contributed by atoms with Crippen LogP contribution in [0.25, 0.3) is 0 Å². The van der Waals surface area contributed by atoms with Crippen molar-refractivity contribution in [2.75, 3.05) is 7.05 Å². The normalized spacial score (nSPS) is 12.2. The van der Waals surface area contributed by atoms with Crippen LogP contribution < -0.4 is 5.73 Å². The smallest absolute Gasteiger partial charge is 0.244 e. The molecule has 2 aromatic rings. The molecule has 1 heterocycles. The van der Waals surface area contributed by atoms with Crippen LogP contribution in [0, 0.1) is 5.82 Å². The van der Waals surface area contributed by atoms with Gasteiger partial charge < -0.3 is 10.6 Å². The number of carbonyl (C=O) groups excluding carboxylic acids is 1. The van der Waals surface area contributed by atoms with Gasteiger partial charge in [-0.3, -0.25) is 4.79 Å². The number of likely N-dealkylation sites (N-methyl/N-ethyl adjacent to an activating group) is 1. The minimum Gasteiger partial charge on any atom is -0.340 e. The van der Waals surface area contributed by atoms with Crippen molar-refractivity contribution >= 4 is 17.2 Å². The molecule has 2 N–H and O–H groups in total. The Balaban J connectivity index is 2.01. The van der Waals surface area contributed by atoms with E-state index in [-0.39, 0.29) is 11.7 Å². The third-order valence-electron chi connectivity index (χ3n) is 2.82. The Morgan fingerprint density at radius 3 is 2.63 bits per heavy atom. The highest BCUT2D eigenvalue weighted by molar-refractivity contribution is 7.10. The van der Waals surface area contributed by atoms with Crippen LogP contribution in [0.4, 0.5) is 4.39 Å². The first-order valence-corrected chi connectivity index (χ1v) is 6.74. The fraction of sp³-hybridized carbons (Fsp3) is 0.214. The summed E-state index contributed by atoms with van der Waals surface area (Å²) in [6.07, 6.45) is 0. The number of rotatable bonds is 4. The number of hydrogen-bond donors (Lipinski definition) is 1. The van der Waals surface area contributed by atoms with Crippen molar-refractivity contribution in [1.82, 2.24) is 4.90 Å². The number of carbonyl (C=O) groups is 1. The highest BCUT2D eigenvalue weighted by atomic mass is 32.1. The number of thiophene rings is 1. The van der Waals surface area contributed by atoms with E-state index in [4.69, 9.17) is 5.73 Å². The van der Waals surface area contributed by atoms with E-state index in [1.165, 1.54) is 23.5 Å². The lowest BCUT2D eigenvalue weighted by molar-refractivity contribution is -0.131. The minimum absolute atomic E-state index is 0.147. The Bertz CT molecular complexity index is 539. The third-order valence-corrected chi connectivity index (χ3v) is 3.78. The van der Waals surface area contributed by atoms with Crippen molar-refractivity contribution in [1.29, 1.82) is 0 Å². The molecule has 3 nitrogen and oxygen atoms in total. The lowest BCUT2D eigenvalue weighted by Crippen LogP contribution is -2.35. The highest BCUT2D eigenvalue weighted by Gasteiger charge is 2.20. The SMILES string of the molecule is CN(Cc1ccc(F)cc1)C(=O)C(N)c1cccs1. The van der Waals surface area contributed by atoms with Crippen LogP contribution in [0.2, 0.25) is 0 Å². The molecule has 0 fully saturated rings. The van der Waals surface area contributed by atoms with Gasteiger partial charge in [0.25, 0.3) is 0 Å². The monoisotopic (exact) mass is 278 g/mol. The van der Waals surface area contributed by atoms with Crippen LogP contribution in [-0.4, -0.2) is 17.9 Å². The maximum Gasteiger partial charge on any atom is 0.244 e. The summed E-state index contributed by atoms with van der Waals surface area (Å²) < 4.78 is 12.8. The maximum absolute atomic E-state index is 12.8. The molecule has 0 saturated heterocycles. The number of hydrogen-bond acceptors (Lipinski definition) is 3. The van der Waals surface area contributed by atoms with Crippen LogP contribution in [0.3, 0.4) is 0 Å². The molecule has 0 aliphatic heterocycles. The molecule has 0 radical (unpaired) electrons. The van der Waals surface area contributed by atoms with Gasteiger partial charge in [0.15, 0.2) is 0 Å². The van der Waals surface area contributed by atoms with Crippen LogP contribution in [0.5, 0.6) is 0 Å². The van der Waals surface area contributed by atoms with Gasteiger partial charge in [-0.15, -0.1) is 11.3 Å². The van der Waals surface area contributed by atoms with Gasteiger partial charge in [-0.05, 0) is 29.1 Å². The average molecular weight is 278 g/mol. The van der Waals surface area contributed by atoms with E-state index in [1.54, 1.807) is 24.1 Å². The second kappa shape index (κ2) is 5.95. The van der Waals surface area contributed by atoms with Gasteiger partial charge in [0.05, 0.1) is 0 Å². The van der Waals surface area contributed by atoms with Crippen LogP contribution in [-0.2, 0) is 11.3 Å². The Kier molecular flexibility index (Phi) is 4.29. The molecule has 1 amide bonds. The van der Waals surface area contributed by atoms with Gasteiger partial charge in [0, 0.05) is 18.5 Å². The Morgan fingerprint density at radius 2 is 2.05 bits per heavy atom. The molecular weight excluding hydrogens is 263 g/mol. The molecule has 5 heteroatoms. The van der Waals surface area contributed by atoms with Crippen LogP contribution in [0.1, 0.15) is 16.5 Å². The topological polar surface area (TPSA) is 46.3 Å². The summed E-state index contributed by atoms with van der Waals surface area (Å²) in [6, 6.07) is 9.17. The van der Waals surface area contributed by atoms with Crippen molar-refractivity contribution in [2.45, 2.75) is 12.6 Å². The lowest BCUT2D eigenvalue weighted by atomic mass is 10.2. The van der Waals surface area contributed by atoms with E-state index in [2.05, 4.69) is 0 Å². The average Bonchev–Trinajstić information content (AvgIpc) is 2.93. The lowest BCUT2D eigenvalue weighted by Gasteiger charge is -2.20. The van der Waals surface area contributed by atoms with Crippen molar-refractivity contribution < 1.29 is 9.18 Å². The van der Waals surface area contributed by atoms with Gasteiger partial charge in [-0.2, -0.15) is 0 Å². The molecule has 1 aromatic carbocycles. The molecule has 1 unspecified atom stereocenters. The van der Waals surface area contributed by atoms with Gasteiger partial charge in [0.1, 0.15) is 11.9 Å². The highest BCUT2D eigenvalue weighted by Crippen LogP contribution is 2.19. The summed E-state index contributed by atoms with van der Waals surface area (Å²) in [4.78, 5) is 14.5. The van der Waals surface area contributed by atoms with E-state index in [0.29, 0.717) is 6.54 Å². The van der Waals surface area contributed by atoms with E-state index >= 15 is 0 Å². The zero-order valence-corrected chi connectivity index (χ0v) is 11.4. The first-order valence-electron chi connectivity index (χ1n) is 5.86. The fourth-order valence-electron chi connectivity index (χ4n) is 1.77. The molecule has 0 aliphatic carbocycles. The van der Waals surface area contributed by atoms with Gasteiger partial charge in [-0.1, -0.05) is 18.2 Å². The molecule has 0 bridgehead atoms. The third kappa shape index (κ3) is 3.39.